The average molecular weight is 327 g/mol. The Bertz CT molecular complexity index is 654. The second-order valence-corrected chi connectivity index (χ2v) is 6.70. The minimum Gasteiger partial charge on any atom is -0.399 e. The van der Waals surface area contributed by atoms with Crippen molar-refractivity contribution < 1.29 is 8.42 Å². The molecule has 1 heterocycles. The summed E-state index contributed by atoms with van der Waals surface area (Å²) >= 11 is 3.25. The van der Waals surface area contributed by atoms with Crippen LogP contribution in [0.3, 0.4) is 0 Å². The zero-order chi connectivity index (χ0) is 13.2. The Balaban J connectivity index is 2.30. The molecule has 0 aliphatic heterocycles. The summed E-state index contributed by atoms with van der Waals surface area (Å²) in [6.07, 6.45) is 1.57. The van der Waals surface area contributed by atoms with Gasteiger partial charge in [0.15, 0.2) is 9.84 Å². The molecule has 0 saturated heterocycles. The summed E-state index contributed by atoms with van der Waals surface area (Å²) < 4.78 is 25.1. The van der Waals surface area contributed by atoms with Gasteiger partial charge in [0.05, 0.1) is 16.3 Å². The van der Waals surface area contributed by atoms with Crippen molar-refractivity contribution >= 4 is 31.5 Å². The molecule has 6 heteroatoms. The number of nitrogen functional groups attached to an aromatic ring is 1. The molecule has 1 aromatic carbocycles. The van der Waals surface area contributed by atoms with Gasteiger partial charge in [-0.25, -0.2) is 8.42 Å². The summed E-state index contributed by atoms with van der Waals surface area (Å²) in [4.78, 5) is 4.27. The van der Waals surface area contributed by atoms with Gasteiger partial charge < -0.3 is 5.73 Å². The van der Waals surface area contributed by atoms with Gasteiger partial charge in [-0.2, -0.15) is 0 Å². The molecule has 0 amide bonds. The number of pyridine rings is 1. The number of nitrogens with zero attached hydrogens (tertiary/aromatic N) is 1. The quantitative estimate of drug-likeness (QED) is 0.879. The summed E-state index contributed by atoms with van der Waals surface area (Å²) in [5.74, 6) is -0.135. The van der Waals surface area contributed by atoms with Crippen LogP contribution < -0.4 is 5.73 Å². The number of hydrogen-bond acceptors (Lipinski definition) is 4. The third-order valence-corrected chi connectivity index (χ3v) is 4.46. The van der Waals surface area contributed by atoms with Crippen LogP contribution in [-0.4, -0.2) is 13.4 Å². The third kappa shape index (κ3) is 3.08. The van der Waals surface area contributed by atoms with Crippen molar-refractivity contribution in [3.8, 4) is 0 Å². The first-order chi connectivity index (χ1) is 8.47. The number of rotatable bonds is 3. The van der Waals surface area contributed by atoms with Crippen LogP contribution in [0.1, 0.15) is 5.69 Å². The summed E-state index contributed by atoms with van der Waals surface area (Å²) in [6, 6.07) is 9.69. The molecule has 2 rings (SSSR count). The molecule has 0 saturated carbocycles. The zero-order valence-corrected chi connectivity index (χ0v) is 11.8. The number of nitrogens with two attached hydrogens (primary N) is 1. The van der Waals surface area contributed by atoms with Crippen molar-refractivity contribution in [2.75, 3.05) is 5.73 Å². The first-order valence-electron chi connectivity index (χ1n) is 5.16. The average Bonchev–Trinajstić information content (AvgIpc) is 2.32. The molecule has 0 spiro atoms. The molecular weight excluding hydrogens is 316 g/mol. The summed E-state index contributed by atoms with van der Waals surface area (Å²) in [7, 11) is -3.41. The summed E-state index contributed by atoms with van der Waals surface area (Å²) in [5, 5.41) is 0. The van der Waals surface area contributed by atoms with Crippen molar-refractivity contribution in [2.24, 2.45) is 0 Å². The van der Waals surface area contributed by atoms with Gasteiger partial charge in [0.1, 0.15) is 0 Å². The van der Waals surface area contributed by atoms with E-state index in [4.69, 9.17) is 5.73 Å². The van der Waals surface area contributed by atoms with E-state index in [0.717, 1.165) is 4.47 Å². The maximum absolute atomic E-state index is 12.1. The minimum atomic E-state index is -3.41. The third-order valence-electron chi connectivity index (χ3n) is 2.34. The van der Waals surface area contributed by atoms with Gasteiger partial charge in [0.25, 0.3) is 0 Å². The molecule has 0 fully saturated rings. The predicted molar refractivity (Wildman–Crippen MR) is 73.7 cm³/mol. The van der Waals surface area contributed by atoms with Crippen molar-refractivity contribution in [3.05, 3.63) is 52.8 Å². The van der Waals surface area contributed by atoms with Crippen LogP contribution in [0.25, 0.3) is 0 Å². The first kappa shape index (κ1) is 13.0. The lowest BCUT2D eigenvalue weighted by atomic mass is 10.3. The molecule has 1 aromatic heterocycles. The summed E-state index contributed by atoms with van der Waals surface area (Å²) in [6.45, 7) is 0. The van der Waals surface area contributed by atoms with E-state index in [1.807, 2.05) is 0 Å². The van der Waals surface area contributed by atoms with Crippen molar-refractivity contribution in [1.29, 1.82) is 0 Å². The minimum absolute atomic E-state index is 0.135. The SMILES string of the molecule is Nc1cccc(S(=O)(=O)Cc2ccc(Br)cn2)c1. The Morgan fingerprint density at radius 2 is 2.00 bits per heavy atom. The van der Waals surface area contributed by atoms with E-state index in [0.29, 0.717) is 11.4 Å². The molecule has 18 heavy (non-hydrogen) atoms. The van der Waals surface area contributed by atoms with Crippen LogP contribution in [0, 0.1) is 0 Å². The monoisotopic (exact) mass is 326 g/mol. The van der Waals surface area contributed by atoms with Crippen molar-refractivity contribution in [2.45, 2.75) is 10.6 Å². The molecule has 0 radical (unpaired) electrons. The van der Waals surface area contributed by atoms with Crippen molar-refractivity contribution in [1.82, 2.24) is 4.98 Å². The highest BCUT2D eigenvalue weighted by atomic mass is 79.9. The molecule has 0 aliphatic rings. The lowest BCUT2D eigenvalue weighted by molar-refractivity contribution is 0.594. The fourth-order valence-corrected chi connectivity index (χ4v) is 3.04. The second kappa shape index (κ2) is 5.07. The van der Waals surface area contributed by atoms with E-state index in [-0.39, 0.29) is 10.6 Å². The first-order valence-corrected chi connectivity index (χ1v) is 7.61. The highest BCUT2D eigenvalue weighted by Crippen LogP contribution is 2.18. The van der Waals surface area contributed by atoms with Crippen LogP contribution in [0.15, 0.2) is 52.0 Å². The van der Waals surface area contributed by atoms with E-state index >= 15 is 0 Å². The Morgan fingerprint density at radius 1 is 1.22 bits per heavy atom. The largest absolute Gasteiger partial charge is 0.399 e. The Kier molecular flexibility index (Phi) is 3.68. The Morgan fingerprint density at radius 3 is 2.61 bits per heavy atom. The number of sulfone groups is 1. The van der Waals surface area contributed by atoms with E-state index < -0.39 is 9.84 Å². The van der Waals surface area contributed by atoms with Crippen LogP contribution in [0.4, 0.5) is 5.69 Å². The number of benzene rings is 1. The number of anilines is 1. The second-order valence-electron chi connectivity index (χ2n) is 3.80. The standard InChI is InChI=1S/C12H11BrN2O2S/c13-9-4-5-11(15-7-9)8-18(16,17)12-3-1-2-10(14)6-12/h1-7H,8,14H2. The van der Waals surface area contributed by atoms with Gasteiger partial charge in [-0.15, -0.1) is 0 Å². The lowest BCUT2D eigenvalue weighted by Gasteiger charge is -2.05. The number of hydrogen-bond donors (Lipinski definition) is 1. The van der Waals surface area contributed by atoms with Gasteiger partial charge in [-0.1, -0.05) is 6.07 Å². The van der Waals surface area contributed by atoms with Crippen LogP contribution in [0.5, 0.6) is 0 Å². The van der Waals surface area contributed by atoms with Gasteiger partial charge in [-0.05, 0) is 46.3 Å². The highest BCUT2D eigenvalue weighted by molar-refractivity contribution is 9.10. The van der Waals surface area contributed by atoms with Crippen LogP contribution in [0.2, 0.25) is 0 Å². The Labute approximate surface area is 114 Å². The van der Waals surface area contributed by atoms with E-state index in [1.54, 1.807) is 30.5 Å². The molecule has 2 N–H and O–H groups in total. The number of halogens is 1. The van der Waals surface area contributed by atoms with E-state index in [1.165, 1.54) is 12.1 Å². The topological polar surface area (TPSA) is 73.1 Å². The Hall–Kier alpha value is -1.40. The molecular formula is C12H11BrN2O2S. The molecule has 0 atom stereocenters. The van der Waals surface area contributed by atoms with Crippen LogP contribution >= 0.6 is 15.9 Å². The van der Waals surface area contributed by atoms with Gasteiger partial charge in [-0.3, -0.25) is 4.98 Å². The zero-order valence-electron chi connectivity index (χ0n) is 9.38. The highest BCUT2D eigenvalue weighted by Gasteiger charge is 2.16. The van der Waals surface area contributed by atoms with E-state index in [2.05, 4.69) is 20.9 Å². The lowest BCUT2D eigenvalue weighted by Crippen LogP contribution is -2.06. The maximum Gasteiger partial charge on any atom is 0.184 e. The van der Waals surface area contributed by atoms with Crippen molar-refractivity contribution in [3.63, 3.8) is 0 Å². The summed E-state index contributed by atoms with van der Waals surface area (Å²) in [5.41, 5.74) is 6.51. The molecule has 0 unspecified atom stereocenters. The fraction of sp³-hybridized carbons (Fsp3) is 0.0833. The molecule has 2 aromatic rings. The number of aromatic nitrogens is 1. The van der Waals surface area contributed by atoms with Gasteiger partial charge in [0, 0.05) is 16.4 Å². The molecule has 94 valence electrons. The molecule has 0 aliphatic carbocycles. The maximum atomic E-state index is 12.1. The van der Waals surface area contributed by atoms with Crippen LogP contribution in [-0.2, 0) is 15.6 Å². The smallest absolute Gasteiger partial charge is 0.184 e. The fourth-order valence-electron chi connectivity index (χ4n) is 1.48. The van der Waals surface area contributed by atoms with Gasteiger partial charge in [0.2, 0.25) is 0 Å². The normalized spacial score (nSPS) is 11.4. The van der Waals surface area contributed by atoms with Gasteiger partial charge >= 0.3 is 0 Å². The van der Waals surface area contributed by atoms with E-state index in [9.17, 15) is 8.42 Å². The predicted octanol–water partition coefficient (Wildman–Crippen LogP) is 2.40. The molecule has 0 bridgehead atoms. The molecule has 4 nitrogen and oxygen atoms in total.